The van der Waals surface area contributed by atoms with E-state index in [1.165, 1.54) is 12.1 Å². The fourth-order valence-corrected chi connectivity index (χ4v) is 1.77. The van der Waals surface area contributed by atoms with Gasteiger partial charge < -0.3 is 21.3 Å². The van der Waals surface area contributed by atoms with Crippen molar-refractivity contribution in [3.8, 4) is 0 Å². The first-order valence-corrected chi connectivity index (χ1v) is 5.91. The summed E-state index contributed by atoms with van der Waals surface area (Å²) in [6, 6.07) is 3.08. The van der Waals surface area contributed by atoms with E-state index in [2.05, 4.69) is 21.2 Å². The fraction of sp³-hybridized carbons (Fsp3) is 0.182. The quantitative estimate of drug-likeness (QED) is 0.612. The Morgan fingerprint density at radius 1 is 1.32 bits per heavy atom. The highest BCUT2D eigenvalue weighted by Crippen LogP contribution is 2.22. The number of carboxylic acid groups (broad SMARTS) is 2. The van der Waals surface area contributed by atoms with Gasteiger partial charge in [0.15, 0.2) is 0 Å². The Morgan fingerprint density at radius 2 is 1.95 bits per heavy atom. The van der Waals surface area contributed by atoms with E-state index in [1.54, 1.807) is 6.07 Å². The van der Waals surface area contributed by atoms with Crippen molar-refractivity contribution in [1.82, 2.24) is 0 Å². The van der Waals surface area contributed by atoms with Crippen LogP contribution in [-0.2, 0) is 9.59 Å². The number of primary amides is 1. The Kier molecular flexibility index (Phi) is 4.87. The number of carbonyl (C=O) groups excluding carboxylic acids is 1. The molecule has 1 aromatic rings. The zero-order valence-electron chi connectivity index (χ0n) is 9.59. The van der Waals surface area contributed by atoms with Gasteiger partial charge in [-0.2, -0.15) is 0 Å². The van der Waals surface area contributed by atoms with E-state index >= 15 is 0 Å². The van der Waals surface area contributed by atoms with Crippen LogP contribution >= 0.6 is 15.9 Å². The van der Waals surface area contributed by atoms with Crippen LogP contribution in [0.5, 0.6) is 0 Å². The summed E-state index contributed by atoms with van der Waals surface area (Å²) in [7, 11) is 0. The van der Waals surface area contributed by atoms with Crippen molar-refractivity contribution in [2.45, 2.75) is 12.5 Å². The molecule has 0 aliphatic rings. The number of nitrogens with one attached hydrogen (secondary N) is 1. The van der Waals surface area contributed by atoms with Gasteiger partial charge in [-0.1, -0.05) is 15.9 Å². The fourth-order valence-electron chi connectivity index (χ4n) is 1.41. The molecule has 0 spiro atoms. The van der Waals surface area contributed by atoms with Crippen LogP contribution in [0.4, 0.5) is 5.69 Å². The Bertz CT molecular complexity index is 532. The van der Waals surface area contributed by atoms with Crippen molar-refractivity contribution in [3.63, 3.8) is 0 Å². The maximum atomic E-state index is 11.2. The van der Waals surface area contributed by atoms with Crippen LogP contribution in [-0.4, -0.2) is 34.1 Å². The molecule has 0 heterocycles. The van der Waals surface area contributed by atoms with Gasteiger partial charge in [0.25, 0.3) is 5.91 Å². The summed E-state index contributed by atoms with van der Waals surface area (Å²) in [5.74, 6) is -3.34. The van der Waals surface area contributed by atoms with Crippen LogP contribution in [0.3, 0.4) is 0 Å². The summed E-state index contributed by atoms with van der Waals surface area (Å²) in [5.41, 5.74) is 5.41. The predicted octanol–water partition coefficient (Wildman–Crippen LogP) is 0.888. The number of nitrogens with two attached hydrogens (primary N) is 1. The second-order valence-corrected chi connectivity index (χ2v) is 4.60. The average molecular weight is 331 g/mol. The minimum absolute atomic E-state index is 0.0832. The molecule has 1 amide bonds. The summed E-state index contributed by atoms with van der Waals surface area (Å²) in [6.07, 6.45) is -0.625. The van der Waals surface area contributed by atoms with E-state index < -0.39 is 30.3 Å². The molecule has 1 rings (SSSR count). The second kappa shape index (κ2) is 6.19. The van der Waals surface area contributed by atoms with Crippen molar-refractivity contribution in [2.24, 2.45) is 5.73 Å². The van der Waals surface area contributed by atoms with Crippen LogP contribution in [0.15, 0.2) is 22.7 Å². The van der Waals surface area contributed by atoms with Gasteiger partial charge in [0, 0.05) is 10.2 Å². The van der Waals surface area contributed by atoms with Crippen LogP contribution in [0, 0.1) is 0 Å². The molecule has 0 fully saturated rings. The molecule has 0 aromatic heterocycles. The van der Waals surface area contributed by atoms with Crippen LogP contribution in [0.2, 0.25) is 0 Å². The van der Waals surface area contributed by atoms with Crippen LogP contribution in [0.1, 0.15) is 16.8 Å². The predicted molar refractivity (Wildman–Crippen MR) is 70.0 cm³/mol. The Labute approximate surface area is 116 Å². The number of hydrogen-bond acceptors (Lipinski definition) is 4. The zero-order valence-corrected chi connectivity index (χ0v) is 11.2. The highest BCUT2D eigenvalue weighted by Gasteiger charge is 2.22. The highest BCUT2D eigenvalue weighted by molar-refractivity contribution is 9.10. The van der Waals surface area contributed by atoms with Crippen molar-refractivity contribution >= 4 is 39.5 Å². The smallest absolute Gasteiger partial charge is 0.326 e. The lowest BCUT2D eigenvalue weighted by Crippen LogP contribution is -2.32. The summed E-state index contributed by atoms with van der Waals surface area (Å²) in [6.45, 7) is 0. The first-order valence-electron chi connectivity index (χ1n) is 5.11. The standard InChI is InChI=1S/C11H11BrN2O5/c12-5-1-2-6(10(13)17)7(3-5)14-8(11(18)19)4-9(15)16/h1-3,8,14H,4H2,(H2,13,17)(H,15,16)(H,18,19). The molecule has 7 nitrogen and oxygen atoms in total. The van der Waals surface area contributed by atoms with Crippen molar-refractivity contribution in [3.05, 3.63) is 28.2 Å². The number of amides is 1. The first kappa shape index (κ1) is 15.0. The monoisotopic (exact) mass is 330 g/mol. The summed E-state index contributed by atoms with van der Waals surface area (Å²) in [5, 5.41) is 20.1. The SMILES string of the molecule is NC(=O)c1ccc(Br)cc1NC(CC(=O)O)C(=O)O. The summed E-state index contributed by atoms with van der Waals surface area (Å²) >= 11 is 3.17. The number of carbonyl (C=O) groups is 3. The van der Waals surface area contributed by atoms with Gasteiger partial charge in [-0.3, -0.25) is 9.59 Å². The largest absolute Gasteiger partial charge is 0.481 e. The third kappa shape index (κ3) is 4.25. The number of benzene rings is 1. The van der Waals surface area contributed by atoms with Gasteiger partial charge in [-0.25, -0.2) is 4.79 Å². The second-order valence-electron chi connectivity index (χ2n) is 3.69. The molecule has 102 valence electrons. The molecule has 1 aromatic carbocycles. The number of anilines is 1. The summed E-state index contributed by atoms with van der Waals surface area (Å²) in [4.78, 5) is 32.7. The van der Waals surface area contributed by atoms with Gasteiger partial charge in [0.05, 0.1) is 12.0 Å². The Morgan fingerprint density at radius 3 is 2.42 bits per heavy atom. The van der Waals surface area contributed by atoms with Gasteiger partial charge >= 0.3 is 11.9 Å². The van der Waals surface area contributed by atoms with Gasteiger partial charge in [0.1, 0.15) is 6.04 Å². The lowest BCUT2D eigenvalue weighted by molar-refractivity contribution is -0.144. The zero-order chi connectivity index (χ0) is 14.6. The molecule has 0 aliphatic heterocycles. The number of halogens is 1. The molecular formula is C11H11BrN2O5. The Balaban J connectivity index is 3.07. The first-order chi connectivity index (χ1) is 8.81. The number of hydrogen-bond donors (Lipinski definition) is 4. The van der Waals surface area contributed by atoms with Gasteiger partial charge in [-0.05, 0) is 18.2 Å². The molecule has 0 radical (unpaired) electrons. The number of rotatable bonds is 6. The van der Waals surface area contributed by atoms with Gasteiger partial charge in [-0.15, -0.1) is 0 Å². The lowest BCUT2D eigenvalue weighted by Gasteiger charge is -2.16. The number of carboxylic acids is 2. The van der Waals surface area contributed by atoms with E-state index in [-0.39, 0.29) is 11.3 Å². The summed E-state index contributed by atoms with van der Waals surface area (Å²) < 4.78 is 0.597. The van der Waals surface area contributed by atoms with Crippen molar-refractivity contribution < 1.29 is 24.6 Å². The minimum atomic E-state index is -1.36. The molecular weight excluding hydrogens is 320 g/mol. The topological polar surface area (TPSA) is 130 Å². The van der Waals surface area contributed by atoms with Crippen LogP contribution < -0.4 is 11.1 Å². The van der Waals surface area contributed by atoms with E-state index in [1.807, 2.05) is 0 Å². The molecule has 5 N–H and O–H groups in total. The maximum Gasteiger partial charge on any atom is 0.326 e. The third-order valence-electron chi connectivity index (χ3n) is 2.25. The van der Waals surface area contributed by atoms with Crippen molar-refractivity contribution in [1.29, 1.82) is 0 Å². The van der Waals surface area contributed by atoms with Gasteiger partial charge in [0.2, 0.25) is 0 Å². The minimum Gasteiger partial charge on any atom is -0.481 e. The molecule has 0 aliphatic carbocycles. The molecule has 8 heteroatoms. The third-order valence-corrected chi connectivity index (χ3v) is 2.75. The van der Waals surface area contributed by atoms with E-state index in [4.69, 9.17) is 15.9 Å². The van der Waals surface area contributed by atoms with Crippen LogP contribution in [0.25, 0.3) is 0 Å². The Hall–Kier alpha value is -2.09. The highest BCUT2D eigenvalue weighted by atomic mass is 79.9. The molecule has 19 heavy (non-hydrogen) atoms. The molecule has 0 bridgehead atoms. The lowest BCUT2D eigenvalue weighted by atomic mass is 10.1. The number of aliphatic carboxylic acids is 2. The van der Waals surface area contributed by atoms with E-state index in [9.17, 15) is 14.4 Å². The van der Waals surface area contributed by atoms with Crippen molar-refractivity contribution in [2.75, 3.05) is 5.32 Å². The average Bonchev–Trinajstić information content (AvgIpc) is 2.26. The normalized spacial score (nSPS) is 11.6. The maximum absolute atomic E-state index is 11.2. The molecule has 0 saturated carbocycles. The van der Waals surface area contributed by atoms with E-state index in [0.29, 0.717) is 4.47 Å². The molecule has 1 atom stereocenters. The molecule has 0 saturated heterocycles. The molecule has 1 unspecified atom stereocenters. The van der Waals surface area contributed by atoms with E-state index in [0.717, 1.165) is 0 Å².